The van der Waals surface area contributed by atoms with Crippen LogP contribution in [0.5, 0.6) is 0 Å². The van der Waals surface area contributed by atoms with Crippen LogP contribution in [-0.2, 0) is 0 Å². The van der Waals surface area contributed by atoms with Crippen LogP contribution in [-0.4, -0.2) is 24.1 Å². The molecule has 0 saturated heterocycles. The molecule has 17 heavy (non-hydrogen) atoms. The van der Waals surface area contributed by atoms with Crippen molar-refractivity contribution in [3.05, 3.63) is 0 Å². The van der Waals surface area contributed by atoms with E-state index in [1.165, 1.54) is 56.6 Å². The number of rotatable bonds is 8. The van der Waals surface area contributed by atoms with Gasteiger partial charge in [-0.15, -0.1) is 0 Å². The van der Waals surface area contributed by atoms with E-state index in [4.69, 9.17) is 0 Å². The first-order valence-corrected chi connectivity index (χ1v) is 8.78. The largest absolute Gasteiger partial charge is 0.313 e. The highest BCUT2D eigenvalue weighted by Gasteiger charge is 2.26. The van der Waals surface area contributed by atoms with Crippen LogP contribution in [0.2, 0.25) is 0 Å². The highest BCUT2D eigenvalue weighted by Crippen LogP contribution is 2.33. The maximum Gasteiger partial charge on any atom is 0.0186 e. The van der Waals surface area contributed by atoms with Crippen LogP contribution in [0.4, 0.5) is 0 Å². The summed E-state index contributed by atoms with van der Waals surface area (Å²) in [5, 5.41) is 3.79. The molecular weight excluding hydrogens is 226 g/mol. The van der Waals surface area contributed by atoms with Crippen LogP contribution >= 0.6 is 11.8 Å². The lowest BCUT2D eigenvalue weighted by Crippen LogP contribution is -2.40. The number of nitrogens with one attached hydrogen (secondary N) is 1. The van der Waals surface area contributed by atoms with E-state index in [0.29, 0.717) is 0 Å². The van der Waals surface area contributed by atoms with Gasteiger partial charge in [0.05, 0.1) is 0 Å². The fraction of sp³-hybridized carbons (Fsp3) is 1.00. The zero-order valence-corrected chi connectivity index (χ0v) is 12.8. The van der Waals surface area contributed by atoms with Gasteiger partial charge in [0.25, 0.3) is 0 Å². The first-order chi connectivity index (χ1) is 8.31. The zero-order chi connectivity index (χ0) is 12.5. The van der Waals surface area contributed by atoms with Gasteiger partial charge in [-0.1, -0.05) is 40.0 Å². The molecule has 1 nitrogen and oxygen atoms in total. The smallest absolute Gasteiger partial charge is 0.0186 e. The Hall–Kier alpha value is 0.310. The SMILES string of the molecule is CCCNC(CSCC)C1CCC(CC)CC1. The van der Waals surface area contributed by atoms with E-state index in [-0.39, 0.29) is 0 Å². The fourth-order valence-electron chi connectivity index (χ4n) is 2.94. The van der Waals surface area contributed by atoms with Crippen molar-refractivity contribution in [2.45, 2.75) is 65.3 Å². The standard InChI is InChI=1S/C15H31NS/c1-4-11-16-15(12-17-6-3)14-9-7-13(5-2)8-10-14/h13-16H,4-12H2,1-3H3. The van der Waals surface area contributed by atoms with Crippen molar-refractivity contribution in [2.75, 3.05) is 18.1 Å². The van der Waals surface area contributed by atoms with E-state index in [2.05, 4.69) is 37.8 Å². The molecule has 2 heteroatoms. The van der Waals surface area contributed by atoms with Gasteiger partial charge in [0, 0.05) is 11.8 Å². The Morgan fingerprint density at radius 1 is 1.12 bits per heavy atom. The van der Waals surface area contributed by atoms with Crippen LogP contribution in [0.3, 0.4) is 0 Å². The Morgan fingerprint density at radius 3 is 2.35 bits per heavy atom. The third-order valence-corrected chi connectivity index (χ3v) is 5.20. The molecule has 0 bridgehead atoms. The average Bonchev–Trinajstić information content (AvgIpc) is 2.39. The molecule has 0 heterocycles. The van der Waals surface area contributed by atoms with Crippen molar-refractivity contribution < 1.29 is 0 Å². The Kier molecular flexibility index (Phi) is 8.38. The van der Waals surface area contributed by atoms with Crippen LogP contribution in [0, 0.1) is 11.8 Å². The second-order valence-electron chi connectivity index (χ2n) is 5.41. The van der Waals surface area contributed by atoms with Crippen LogP contribution in [0.25, 0.3) is 0 Å². The van der Waals surface area contributed by atoms with Crippen molar-refractivity contribution in [1.29, 1.82) is 0 Å². The van der Waals surface area contributed by atoms with Gasteiger partial charge in [0.2, 0.25) is 0 Å². The van der Waals surface area contributed by atoms with Gasteiger partial charge in [0.15, 0.2) is 0 Å². The number of hydrogen-bond donors (Lipinski definition) is 1. The summed E-state index contributed by atoms with van der Waals surface area (Å²) in [6.45, 7) is 8.09. The molecule has 0 aliphatic heterocycles. The minimum absolute atomic E-state index is 0.776. The second kappa shape index (κ2) is 9.27. The molecule has 0 aromatic heterocycles. The Morgan fingerprint density at radius 2 is 1.82 bits per heavy atom. The molecule has 0 spiro atoms. The molecular formula is C15H31NS. The summed E-state index contributed by atoms with van der Waals surface area (Å²) in [5.41, 5.74) is 0. The quantitative estimate of drug-likeness (QED) is 0.695. The monoisotopic (exact) mass is 257 g/mol. The molecule has 0 aromatic rings. The van der Waals surface area contributed by atoms with Gasteiger partial charge in [-0.3, -0.25) is 0 Å². The van der Waals surface area contributed by atoms with Crippen molar-refractivity contribution in [3.8, 4) is 0 Å². The summed E-state index contributed by atoms with van der Waals surface area (Å²) >= 11 is 2.10. The maximum absolute atomic E-state index is 3.79. The van der Waals surface area contributed by atoms with Gasteiger partial charge in [0.1, 0.15) is 0 Å². The zero-order valence-electron chi connectivity index (χ0n) is 12.0. The van der Waals surface area contributed by atoms with Crippen molar-refractivity contribution in [1.82, 2.24) is 5.32 Å². The molecule has 1 aliphatic carbocycles. The first kappa shape index (κ1) is 15.4. The lowest BCUT2D eigenvalue weighted by atomic mass is 9.78. The summed E-state index contributed by atoms with van der Waals surface area (Å²) in [6, 6.07) is 0.776. The molecule has 0 aromatic carbocycles. The third kappa shape index (κ3) is 5.65. The predicted molar refractivity (Wildman–Crippen MR) is 80.8 cm³/mol. The van der Waals surface area contributed by atoms with E-state index >= 15 is 0 Å². The summed E-state index contributed by atoms with van der Waals surface area (Å²) in [5.74, 6) is 4.55. The summed E-state index contributed by atoms with van der Waals surface area (Å²) in [4.78, 5) is 0. The molecule has 102 valence electrons. The second-order valence-corrected chi connectivity index (χ2v) is 6.73. The molecule has 1 saturated carbocycles. The topological polar surface area (TPSA) is 12.0 Å². The molecule has 1 aliphatic rings. The third-order valence-electron chi connectivity index (χ3n) is 4.20. The molecule has 1 rings (SSSR count). The van der Waals surface area contributed by atoms with Crippen molar-refractivity contribution in [2.24, 2.45) is 11.8 Å². The van der Waals surface area contributed by atoms with Crippen molar-refractivity contribution in [3.63, 3.8) is 0 Å². The minimum atomic E-state index is 0.776. The maximum atomic E-state index is 3.79. The van der Waals surface area contributed by atoms with E-state index in [9.17, 15) is 0 Å². The molecule has 1 atom stereocenters. The summed E-state index contributed by atoms with van der Waals surface area (Å²) in [6.07, 6.45) is 8.53. The molecule has 0 amide bonds. The lowest BCUT2D eigenvalue weighted by Gasteiger charge is -2.34. The predicted octanol–water partition coefficient (Wildman–Crippen LogP) is 4.32. The summed E-state index contributed by atoms with van der Waals surface area (Å²) < 4.78 is 0. The average molecular weight is 257 g/mol. The van der Waals surface area contributed by atoms with Crippen LogP contribution in [0.1, 0.15) is 59.3 Å². The van der Waals surface area contributed by atoms with Gasteiger partial charge in [-0.25, -0.2) is 0 Å². The molecule has 1 unspecified atom stereocenters. The normalized spacial score (nSPS) is 27.0. The highest BCUT2D eigenvalue weighted by molar-refractivity contribution is 7.99. The van der Waals surface area contributed by atoms with Crippen molar-refractivity contribution >= 4 is 11.8 Å². The van der Waals surface area contributed by atoms with Gasteiger partial charge >= 0.3 is 0 Å². The van der Waals surface area contributed by atoms with E-state index < -0.39 is 0 Å². The van der Waals surface area contributed by atoms with Gasteiger partial charge in [-0.05, 0) is 43.4 Å². The summed E-state index contributed by atoms with van der Waals surface area (Å²) in [7, 11) is 0. The Bertz CT molecular complexity index is 168. The highest BCUT2D eigenvalue weighted by atomic mass is 32.2. The van der Waals surface area contributed by atoms with Crippen LogP contribution in [0.15, 0.2) is 0 Å². The Labute approximate surface area is 113 Å². The van der Waals surface area contributed by atoms with E-state index in [0.717, 1.165) is 17.9 Å². The van der Waals surface area contributed by atoms with E-state index in [1.807, 2.05) is 0 Å². The Balaban J connectivity index is 2.34. The number of hydrogen-bond acceptors (Lipinski definition) is 2. The lowest BCUT2D eigenvalue weighted by molar-refractivity contribution is 0.228. The first-order valence-electron chi connectivity index (χ1n) is 7.62. The number of thioether (sulfide) groups is 1. The molecule has 1 N–H and O–H groups in total. The van der Waals surface area contributed by atoms with E-state index in [1.54, 1.807) is 0 Å². The van der Waals surface area contributed by atoms with Gasteiger partial charge in [-0.2, -0.15) is 11.8 Å². The van der Waals surface area contributed by atoms with Crippen LogP contribution < -0.4 is 5.32 Å². The fourth-order valence-corrected chi connectivity index (χ4v) is 3.81. The van der Waals surface area contributed by atoms with Gasteiger partial charge < -0.3 is 5.32 Å². The molecule has 0 radical (unpaired) electrons. The molecule has 1 fully saturated rings. The minimum Gasteiger partial charge on any atom is -0.313 e.